The summed E-state index contributed by atoms with van der Waals surface area (Å²) in [4.78, 5) is 7.85. The quantitative estimate of drug-likeness (QED) is 0.410. The molecule has 168 valence electrons. The van der Waals surface area contributed by atoms with Crippen LogP contribution in [-0.2, 0) is 4.74 Å². The third kappa shape index (κ3) is 6.82. The highest BCUT2D eigenvalue weighted by Crippen LogP contribution is 2.22. The van der Waals surface area contributed by atoms with Crippen LogP contribution in [0.2, 0.25) is 0 Å². The molecule has 2 saturated heterocycles. The molecule has 2 aliphatic rings. The lowest BCUT2D eigenvalue weighted by Crippen LogP contribution is -2.49. The summed E-state index contributed by atoms with van der Waals surface area (Å²) >= 11 is 0. The number of hydrogen-bond donors (Lipinski definition) is 2. The van der Waals surface area contributed by atoms with Crippen molar-refractivity contribution in [2.75, 3.05) is 59.5 Å². The van der Waals surface area contributed by atoms with Crippen molar-refractivity contribution >= 4 is 5.96 Å². The van der Waals surface area contributed by atoms with Crippen molar-refractivity contribution in [1.82, 2.24) is 20.4 Å². The minimum atomic E-state index is -4.19. The molecule has 3 rings (SSSR count). The molecule has 0 radical (unpaired) electrons. The van der Waals surface area contributed by atoms with Gasteiger partial charge in [-0.2, -0.15) is 13.2 Å². The largest absolute Gasteiger partial charge is 0.401 e. The Labute approximate surface area is 174 Å². The van der Waals surface area contributed by atoms with Crippen LogP contribution in [0.1, 0.15) is 18.0 Å². The number of alkyl halides is 3. The Hall–Kier alpha value is -1.91. The molecule has 2 heterocycles. The fourth-order valence-electron chi connectivity index (χ4n) is 3.99. The van der Waals surface area contributed by atoms with Crippen molar-refractivity contribution in [2.24, 2.45) is 4.99 Å². The fourth-order valence-corrected chi connectivity index (χ4v) is 3.99. The molecule has 0 aliphatic carbocycles. The van der Waals surface area contributed by atoms with Gasteiger partial charge in [-0.15, -0.1) is 0 Å². The maximum absolute atomic E-state index is 13.8. The summed E-state index contributed by atoms with van der Waals surface area (Å²) in [6, 6.07) is 6.36. The summed E-state index contributed by atoms with van der Waals surface area (Å²) in [6.45, 7) is 3.03. The number of likely N-dealkylation sites (tertiary alicyclic amines) is 1. The Kier molecular flexibility index (Phi) is 7.90. The molecule has 0 aromatic heterocycles. The third-order valence-corrected chi connectivity index (χ3v) is 5.42. The van der Waals surface area contributed by atoms with Gasteiger partial charge in [-0.3, -0.25) is 14.8 Å². The number of halogens is 4. The maximum Gasteiger partial charge on any atom is 0.401 e. The molecule has 2 aliphatic heterocycles. The number of guanidine groups is 1. The molecular formula is C20H29F4N5O. The van der Waals surface area contributed by atoms with E-state index in [9.17, 15) is 17.6 Å². The van der Waals surface area contributed by atoms with E-state index in [0.717, 1.165) is 18.7 Å². The molecule has 2 unspecified atom stereocenters. The topological polar surface area (TPSA) is 52.1 Å². The molecule has 6 nitrogen and oxygen atoms in total. The summed E-state index contributed by atoms with van der Waals surface area (Å²) in [5, 5.41) is 6.48. The molecule has 1 aromatic carbocycles. The lowest BCUT2D eigenvalue weighted by atomic mass is 10.0. The van der Waals surface area contributed by atoms with Crippen LogP contribution in [0.15, 0.2) is 29.3 Å². The Morgan fingerprint density at radius 3 is 2.70 bits per heavy atom. The first-order valence-electron chi connectivity index (χ1n) is 10.2. The van der Waals surface area contributed by atoms with Crippen molar-refractivity contribution in [3.63, 3.8) is 0 Å². The molecule has 2 atom stereocenters. The van der Waals surface area contributed by atoms with Crippen molar-refractivity contribution in [1.29, 1.82) is 0 Å². The molecule has 30 heavy (non-hydrogen) atoms. The molecule has 0 spiro atoms. The molecular weight excluding hydrogens is 402 g/mol. The van der Waals surface area contributed by atoms with Crippen LogP contribution in [0.3, 0.4) is 0 Å². The van der Waals surface area contributed by atoms with E-state index in [4.69, 9.17) is 4.74 Å². The van der Waals surface area contributed by atoms with E-state index in [0.29, 0.717) is 45.2 Å². The zero-order valence-corrected chi connectivity index (χ0v) is 17.1. The van der Waals surface area contributed by atoms with Crippen LogP contribution in [0.5, 0.6) is 0 Å². The van der Waals surface area contributed by atoms with Crippen LogP contribution >= 0.6 is 0 Å². The molecule has 0 saturated carbocycles. The van der Waals surface area contributed by atoms with Gasteiger partial charge in [0, 0.05) is 45.8 Å². The lowest BCUT2D eigenvalue weighted by Gasteiger charge is -2.35. The summed E-state index contributed by atoms with van der Waals surface area (Å²) in [5.74, 6) is 0.243. The van der Waals surface area contributed by atoms with Crippen LogP contribution in [0.25, 0.3) is 0 Å². The first kappa shape index (κ1) is 22.8. The smallest absolute Gasteiger partial charge is 0.379 e. The van der Waals surface area contributed by atoms with Gasteiger partial charge < -0.3 is 15.4 Å². The van der Waals surface area contributed by atoms with Gasteiger partial charge in [-0.05, 0) is 24.1 Å². The monoisotopic (exact) mass is 431 g/mol. The Bertz CT molecular complexity index is 709. The highest BCUT2D eigenvalue weighted by Gasteiger charge is 2.34. The number of nitrogens with one attached hydrogen (secondary N) is 2. The average molecular weight is 431 g/mol. The fraction of sp³-hybridized carbons (Fsp3) is 0.650. The van der Waals surface area contributed by atoms with E-state index < -0.39 is 12.7 Å². The molecule has 10 heteroatoms. The van der Waals surface area contributed by atoms with Gasteiger partial charge >= 0.3 is 6.18 Å². The number of benzene rings is 1. The number of ether oxygens (including phenoxy) is 1. The number of nitrogens with zero attached hydrogens (tertiary/aromatic N) is 3. The first-order valence-corrected chi connectivity index (χ1v) is 10.2. The van der Waals surface area contributed by atoms with Gasteiger partial charge in [0.25, 0.3) is 0 Å². The van der Waals surface area contributed by atoms with Crippen LogP contribution in [0.4, 0.5) is 17.6 Å². The second kappa shape index (κ2) is 10.4. The normalized spacial score (nSPS) is 22.8. The highest BCUT2D eigenvalue weighted by atomic mass is 19.4. The van der Waals surface area contributed by atoms with Crippen LogP contribution in [0, 0.1) is 5.82 Å². The Balaban J connectivity index is 1.58. The summed E-state index contributed by atoms with van der Waals surface area (Å²) in [6.07, 6.45) is -3.57. The van der Waals surface area contributed by atoms with Gasteiger partial charge in [-0.25, -0.2) is 4.39 Å². The van der Waals surface area contributed by atoms with E-state index in [1.165, 1.54) is 17.0 Å². The highest BCUT2D eigenvalue weighted by molar-refractivity contribution is 5.80. The van der Waals surface area contributed by atoms with Gasteiger partial charge in [0.2, 0.25) is 0 Å². The Morgan fingerprint density at radius 2 is 2.03 bits per heavy atom. The second-order valence-corrected chi connectivity index (χ2v) is 7.65. The van der Waals surface area contributed by atoms with Gasteiger partial charge in [0.15, 0.2) is 5.96 Å². The summed E-state index contributed by atoms with van der Waals surface area (Å²) in [5.41, 5.74) is 0.858. The molecule has 2 N–H and O–H groups in total. The van der Waals surface area contributed by atoms with Crippen LogP contribution < -0.4 is 10.6 Å². The van der Waals surface area contributed by atoms with E-state index in [-0.39, 0.29) is 17.9 Å². The molecule has 1 aromatic rings. The zero-order valence-electron chi connectivity index (χ0n) is 17.1. The van der Waals surface area contributed by atoms with Crippen molar-refractivity contribution in [3.05, 3.63) is 35.6 Å². The summed E-state index contributed by atoms with van der Waals surface area (Å²) < 4.78 is 57.0. The van der Waals surface area contributed by atoms with E-state index in [2.05, 4.69) is 20.5 Å². The SMILES string of the molecule is CN=C(NCC(c1cccc(F)c1)N1CCOCC1)NC1CCN(CC(F)(F)F)C1. The number of morpholine rings is 1. The van der Waals surface area contributed by atoms with E-state index in [1.54, 1.807) is 13.1 Å². The number of rotatable bonds is 6. The minimum Gasteiger partial charge on any atom is -0.379 e. The standard InChI is InChI=1S/C20H29F4N5O/c1-25-19(27-17-5-6-28(13-17)14-20(22,23)24)26-12-18(29-7-9-30-10-8-29)15-3-2-4-16(21)11-15/h2-4,11,17-18H,5-10,12-14H2,1H3,(H2,25,26,27). The zero-order chi connectivity index (χ0) is 21.6. The second-order valence-electron chi connectivity index (χ2n) is 7.65. The van der Waals surface area contributed by atoms with E-state index in [1.807, 2.05) is 6.07 Å². The van der Waals surface area contributed by atoms with Gasteiger partial charge in [0.1, 0.15) is 5.82 Å². The third-order valence-electron chi connectivity index (χ3n) is 5.42. The lowest BCUT2D eigenvalue weighted by molar-refractivity contribution is -0.143. The van der Waals surface area contributed by atoms with Gasteiger partial charge in [-0.1, -0.05) is 12.1 Å². The predicted octanol–water partition coefficient (Wildman–Crippen LogP) is 2.00. The maximum atomic E-state index is 13.8. The van der Waals surface area contributed by atoms with Crippen molar-refractivity contribution < 1.29 is 22.3 Å². The molecule has 0 bridgehead atoms. The molecule has 2 fully saturated rings. The summed E-state index contributed by atoms with van der Waals surface area (Å²) in [7, 11) is 1.63. The van der Waals surface area contributed by atoms with Gasteiger partial charge in [0.05, 0.1) is 25.8 Å². The van der Waals surface area contributed by atoms with E-state index >= 15 is 0 Å². The average Bonchev–Trinajstić information content (AvgIpc) is 3.13. The molecule has 0 amide bonds. The van der Waals surface area contributed by atoms with Crippen molar-refractivity contribution in [3.8, 4) is 0 Å². The first-order chi connectivity index (χ1) is 14.3. The predicted molar refractivity (Wildman–Crippen MR) is 107 cm³/mol. The number of hydrogen-bond acceptors (Lipinski definition) is 4. The van der Waals surface area contributed by atoms with Crippen molar-refractivity contribution in [2.45, 2.75) is 24.7 Å². The van der Waals surface area contributed by atoms with Crippen LogP contribution in [-0.4, -0.2) is 87.5 Å². The number of aliphatic imine (C=N–C) groups is 1. The Morgan fingerprint density at radius 1 is 1.27 bits per heavy atom. The minimum absolute atomic E-state index is 0.0755.